The van der Waals surface area contributed by atoms with Gasteiger partial charge in [0, 0.05) is 17.0 Å². The quantitative estimate of drug-likeness (QED) is 0.867. The number of hydrogen-bond acceptors (Lipinski definition) is 2. The fourth-order valence-corrected chi connectivity index (χ4v) is 2.45. The van der Waals surface area contributed by atoms with Gasteiger partial charge in [0.05, 0.1) is 5.52 Å². The molecular formula is C15H18N2. The molecule has 1 aliphatic carbocycles. The molecular weight excluding hydrogens is 208 g/mol. The van der Waals surface area contributed by atoms with Crippen molar-refractivity contribution in [1.29, 1.82) is 0 Å². The van der Waals surface area contributed by atoms with Crippen molar-refractivity contribution >= 4 is 10.9 Å². The Labute approximate surface area is 102 Å². The summed E-state index contributed by atoms with van der Waals surface area (Å²) in [6.07, 6.45) is 1.29. The van der Waals surface area contributed by atoms with Crippen molar-refractivity contribution in [2.24, 2.45) is 5.92 Å². The summed E-state index contributed by atoms with van der Waals surface area (Å²) in [5.41, 5.74) is 2.39. The van der Waals surface area contributed by atoms with Crippen LogP contribution in [0.1, 0.15) is 25.0 Å². The third-order valence-corrected chi connectivity index (χ3v) is 3.58. The molecule has 1 aliphatic rings. The zero-order valence-electron chi connectivity index (χ0n) is 10.2. The molecule has 2 aromatic rings. The van der Waals surface area contributed by atoms with Gasteiger partial charge in [0.1, 0.15) is 0 Å². The van der Waals surface area contributed by atoms with Crippen LogP contribution in [0, 0.1) is 5.92 Å². The minimum Gasteiger partial charge on any atom is -0.317 e. The molecule has 1 saturated carbocycles. The van der Waals surface area contributed by atoms with Crippen LogP contribution >= 0.6 is 0 Å². The number of nitrogens with zero attached hydrogens (tertiary/aromatic N) is 1. The molecule has 0 saturated heterocycles. The van der Waals surface area contributed by atoms with Crippen LogP contribution in [-0.4, -0.2) is 18.1 Å². The Morgan fingerprint density at radius 3 is 3.00 bits per heavy atom. The first kappa shape index (κ1) is 10.7. The fourth-order valence-electron chi connectivity index (χ4n) is 2.45. The van der Waals surface area contributed by atoms with E-state index in [0.29, 0.717) is 5.92 Å². The molecule has 2 unspecified atom stereocenters. The van der Waals surface area contributed by atoms with Gasteiger partial charge < -0.3 is 5.32 Å². The number of pyridine rings is 1. The van der Waals surface area contributed by atoms with Crippen LogP contribution in [0.4, 0.5) is 0 Å². The first-order valence-corrected chi connectivity index (χ1v) is 6.45. The molecule has 2 atom stereocenters. The minimum absolute atomic E-state index is 0.679. The van der Waals surface area contributed by atoms with Crippen molar-refractivity contribution in [2.45, 2.75) is 19.3 Å². The van der Waals surface area contributed by atoms with E-state index in [-0.39, 0.29) is 0 Å². The molecule has 1 heterocycles. The van der Waals surface area contributed by atoms with E-state index in [1.165, 1.54) is 17.5 Å². The SMILES string of the molecule is CCNCC1CC1c1ccc2ccccc2n1. The predicted octanol–water partition coefficient (Wildman–Crippen LogP) is 2.95. The lowest BCUT2D eigenvalue weighted by Gasteiger charge is -2.03. The lowest BCUT2D eigenvalue weighted by atomic mass is 10.1. The molecule has 0 bridgehead atoms. The van der Waals surface area contributed by atoms with E-state index in [0.717, 1.165) is 24.5 Å². The summed E-state index contributed by atoms with van der Waals surface area (Å²) in [6, 6.07) is 12.7. The molecule has 88 valence electrons. The fraction of sp³-hybridized carbons (Fsp3) is 0.400. The van der Waals surface area contributed by atoms with Crippen LogP contribution in [0.3, 0.4) is 0 Å². The highest BCUT2D eigenvalue weighted by molar-refractivity contribution is 5.78. The summed E-state index contributed by atoms with van der Waals surface area (Å²) in [5, 5.41) is 4.66. The van der Waals surface area contributed by atoms with Gasteiger partial charge in [-0.15, -0.1) is 0 Å². The van der Waals surface area contributed by atoms with E-state index in [1.807, 2.05) is 0 Å². The molecule has 0 aliphatic heterocycles. The van der Waals surface area contributed by atoms with Crippen LogP contribution < -0.4 is 5.32 Å². The highest BCUT2D eigenvalue weighted by Gasteiger charge is 2.38. The standard InChI is InChI=1S/C15H18N2/c1-2-16-10-12-9-13(12)15-8-7-11-5-3-4-6-14(11)17-15/h3-8,12-13,16H,2,9-10H2,1H3. The maximum Gasteiger partial charge on any atom is 0.0705 e. The number of fused-ring (bicyclic) bond motifs is 1. The number of benzene rings is 1. The van der Waals surface area contributed by atoms with Gasteiger partial charge in [0.25, 0.3) is 0 Å². The Balaban J connectivity index is 1.78. The maximum absolute atomic E-state index is 4.77. The Bertz CT molecular complexity index is 521. The highest BCUT2D eigenvalue weighted by atomic mass is 14.9. The molecule has 17 heavy (non-hydrogen) atoms. The summed E-state index contributed by atoms with van der Waals surface area (Å²) in [7, 11) is 0. The molecule has 0 spiro atoms. The van der Waals surface area contributed by atoms with E-state index < -0.39 is 0 Å². The summed E-state index contributed by atoms with van der Waals surface area (Å²) in [4.78, 5) is 4.77. The third-order valence-electron chi connectivity index (χ3n) is 3.58. The molecule has 0 radical (unpaired) electrons. The number of aromatic nitrogens is 1. The molecule has 2 heteroatoms. The first-order valence-electron chi connectivity index (χ1n) is 6.45. The van der Waals surface area contributed by atoms with Crippen LogP contribution in [-0.2, 0) is 0 Å². The summed E-state index contributed by atoms with van der Waals surface area (Å²) in [5.74, 6) is 1.47. The summed E-state index contributed by atoms with van der Waals surface area (Å²) in [6.45, 7) is 4.36. The second-order valence-corrected chi connectivity index (χ2v) is 4.84. The number of rotatable bonds is 4. The Morgan fingerprint density at radius 1 is 1.24 bits per heavy atom. The monoisotopic (exact) mass is 226 g/mol. The molecule has 1 aromatic carbocycles. The second kappa shape index (κ2) is 4.46. The average Bonchev–Trinajstić information content (AvgIpc) is 3.15. The average molecular weight is 226 g/mol. The number of hydrogen-bond donors (Lipinski definition) is 1. The summed E-state index contributed by atoms with van der Waals surface area (Å²) >= 11 is 0. The topological polar surface area (TPSA) is 24.9 Å². The largest absolute Gasteiger partial charge is 0.317 e. The normalized spacial score (nSPS) is 22.9. The van der Waals surface area contributed by atoms with Crippen LogP contribution in [0.25, 0.3) is 10.9 Å². The zero-order chi connectivity index (χ0) is 11.7. The Morgan fingerprint density at radius 2 is 2.12 bits per heavy atom. The smallest absolute Gasteiger partial charge is 0.0705 e. The van der Waals surface area contributed by atoms with E-state index >= 15 is 0 Å². The minimum atomic E-state index is 0.679. The van der Waals surface area contributed by atoms with Gasteiger partial charge in [-0.25, -0.2) is 0 Å². The van der Waals surface area contributed by atoms with Gasteiger partial charge in [0.2, 0.25) is 0 Å². The highest BCUT2D eigenvalue weighted by Crippen LogP contribution is 2.46. The molecule has 2 nitrogen and oxygen atoms in total. The zero-order valence-corrected chi connectivity index (χ0v) is 10.2. The molecule has 1 fully saturated rings. The molecule has 1 aromatic heterocycles. The third kappa shape index (κ3) is 2.18. The van der Waals surface area contributed by atoms with Crippen LogP contribution in [0.5, 0.6) is 0 Å². The first-order chi connectivity index (χ1) is 8.38. The molecule has 3 rings (SSSR count). The van der Waals surface area contributed by atoms with Gasteiger partial charge in [0.15, 0.2) is 0 Å². The van der Waals surface area contributed by atoms with Crippen molar-refractivity contribution in [1.82, 2.24) is 10.3 Å². The van der Waals surface area contributed by atoms with E-state index in [2.05, 4.69) is 48.6 Å². The predicted molar refractivity (Wildman–Crippen MR) is 71.1 cm³/mol. The Kier molecular flexibility index (Phi) is 2.81. The second-order valence-electron chi connectivity index (χ2n) is 4.84. The Hall–Kier alpha value is -1.41. The van der Waals surface area contributed by atoms with Gasteiger partial charge in [-0.05, 0) is 37.6 Å². The van der Waals surface area contributed by atoms with E-state index in [1.54, 1.807) is 0 Å². The van der Waals surface area contributed by atoms with Gasteiger partial charge in [-0.2, -0.15) is 0 Å². The summed E-state index contributed by atoms with van der Waals surface area (Å²) < 4.78 is 0. The van der Waals surface area contributed by atoms with Gasteiger partial charge in [-0.3, -0.25) is 4.98 Å². The molecule has 0 amide bonds. The lowest BCUT2D eigenvalue weighted by Crippen LogP contribution is -2.16. The van der Waals surface area contributed by atoms with Crippen molar-refractivity contribution < 1.29 is 0 Å². The van der Waals surface area contributed by atoms with Crippen LogP contribution in [0.15, 0.2) is 36.4 Å². The van der Waals surface area contributed by atoms with E-state index in [4.69, 9.17) is 4.98 Å². The van der Waals surface area contributed by atoms with Crippen molar-refractivity contribution in [3.05, 3.63) is 42.1 Å². The van der Waals surface area contributed by atoms with Crippen molar-refractivity contribution in [3.63, 3.8) is 0 Å². The lowest BCUT2D eigenvalue weighted by molar-refractivity contribution is 0.647. The van der Waals surface area contributed by atoms with E-state index in [9.17, 15) is 0 Å². The molecule has 1 N–H and O–H groups in total. The number of para-hydroxylation sites is 1. The van der Waals surface area contributed by atoms with Crippen LogP contribution in [0.2, 0.25) is 0 Å². The van der Waals surface area contributed by atoms with Crippen molar-refractivity contribution in [3.8, 4) is 0 Å². The maximum atomic E-state index is 4.77. The van der Waals surface area contributed by atoms with Crippen molar-refractivity contribution in [2.75, 3.05) is 13.1 Å². The number of nitrogens with one attached hydrogen (secondary N) is 1. The van der Waals surface area contributed by atoms with Gasteiger partial charge in [-0.1, -0.05) is 31.2 Å². The van der Waals surface area contributed by atoms with Gasteiger partial charge >= 0.3 is 0 Å².